The third kappa shape index (κ3) is 2.95. The third-order valence-electron chi connectivity index (χ3n) is 4.69. The standard InChI is InChI=1S/C18H27NO2/c1-4-8-19-16-12-18(10-14(11-18)20-5-2)21-17-7-6-13(3)9-15(16)17/h6-7,9,14,16,19H,4-5,8,10-12H2,1-3H3. The summed E-state index contributed by atoms with van der Waals surface area (Å²) in [6.45, 7) is 8.29. The molecule has 1 N–H and O–H groups in total. The van der Waals surface area contributed by atoms with E-state index in [1.54, 1.807) is 0 Å². The number of hydrogen-bond donors (Lipinski definition) is 1. The quantitative estimate of drug-likeness (QED) is 0.895. The van der Waals surface area contributed by atoms with E-state index in [-0.39, 0.29) is 5.60 Å². The summed E-state index contributed by atoms with van der Waals surface area (Å²) in [6.07, 6.45) is 4.66. The maximum absolute atomic E-state index is 6.38. The molecule has 0 aromatic heterocycles. The average Bonchev–Trinajstić information content (AvgIpc) is 2.44. The van der Waals surface area contributed by atoms with Crippen LogP contribution in [0.3, 0.4) is 0 Å². The first-order chi connectivity index (χ1) is 10.2. The molecule has 3 nitrogen and oxygen atoms in total. The van der Waals surface area contributed by atoms with Crippen LogP contribution in [0.1, 0.15) is 56.7 Å². The van der Waals surface area contributed by atoms with Gasteiger partial charge in [0.1, 0.15) is 11.4 Å². The molecule has 1 spiro atoms. The monoisotopic (exact) mass is 289 g/mol. The summed E-state index contributed by atoms with van der Waals surface area (Å²) >= 11 is 0. The van der Waals surface area contributed by atoms with Crippen molar-refractivity contribution in [3.05, 3.63) is 29.3 Å². The first-order valence-corrected chi connectivity index (χ1v) is 8.30. The zero-order valence-electron chi connectivity index (χ0n) is 13.4. The lowest BCUT2D eigenvalue weighted by atomic mass is 9.70. The van der Waals surface area contributed by atoms with Crippen LogP contribution in [0.5, 0.6) is 5.75 Å². The van der Waals surface area contributed by atoms with Crippen LogP contribution in [0.15, 0.2) is 18.2 Å². The lowest BCUT2D eigenvalue weighted by Gasteiger charge is -2.51. The molecule has 1 aromatic rings. The van der Waals surface area contributed by atoms with E-state index in [0.29, 0.717) is 12.1 Å². The van der Waals surface area contributed by atoms with E-state index in [4.69, 9.17) is 9.47 Å². The van der Waals surface area contributed by atoms with E-state index in [1.807, 2.05) is 0 Å². The highest BCUT2D eigenvalue weighted by atomic mass is 16.5. The van der Waals surface area contributed by atoms with Crippen molar-refractivity contribution in [3.63, 3.8) is 0 Å². The maximum atomic E-state index is 6.38. The van der Waals surface area contributed by atoms with E-state index < -0.39 is 0 Å². The summed E-state index contributed by atoms with van der Waals surface area (Å²) in [5, 5.41) is 3.70. The second-order valence-electron chi connectivity index (χ2n) is 6.52. The predicted molar refractivity (Wildman–Crippen MR) is 84.8 cm³/mol. The lowest BCUT2D eigenvalue weighted by Crippen LogP contribution is -2.56. The molecule has 1 heterocycles. The fraction of sp³-hybridized carbons (Fsp3) is 0.667. The van der Waals surface area contributed by atoms with E-state index in [9.17, 15) is 0 Å². The largest absolute Gasteiger partial charge is 0.487 e. The van der Waals surface area contributed by atoms with Gasteiger partial charge < -0.3 is 14.8 Å². The van der Waals surface area contributed by atoms with Crippen molar-refractivity contribution < 1.29 is 9.47 Å². The minimum absolute atomic E-state index is 0.00645. The lowest BCUT2D eigenvalue weighted by molar-refractivity contribution is -0.135. The minimum atomic E-state index is -0.00645. The van der Waals surface area contributed by atoms with Crippen LogP contribution in [-0.4, -0.2) is 24.9 Å². The summed E-state index contributed by atoms with van der Waals surface area (Å²) in [7, 11) is 0. The Morgan fingerprint density at radius 1 is 1.29 bits per heavy atom. The number of hydrogen-bond acceptors (Lipinski definition) is 3. The molecule has 0 radical (unpaired) electrons. The van der Waals surface area contributed by atoms with E-state index >= 15 is 0 Å². The summed E-state index contributed by atoms with van der Waals surface area (Å²) in [6, 6.07) is 6.97. The summed E-state index contributed by atoms with van der Waals surface area (Å²) < 4.78 is 12.1. The van der Waals surface area contributed by atoms with Crippen LogP contribution in [0, 0.1) is 6.92 Å². The molecule has 3 heteroatoms. The smallest absolute Gasteiger partial charge is 0.124 e. The van der Waals surface area contributed by atoms with Crippen molar-refractivity contribution in [2.75, 3.05) is 13.2 Å². The van der Waals surface area contributed by atoms with Crippen molar-refractivity contribution in [2.45, 2.75) is 64.2 Å². The number of rotatable bonds is 5. The molecule has 0 bridgehead atoms. The number of aryl methyl sites for hydroxylation is 1. The van der Waals surface area contributed by atoms with Gasteiger partial charge in [0.05, 0.1) is 6.10 Å². The molecule has 116 valence electrons. The molecular weight excluding hydrogens is 262 g/mol. The molecule has 1 aromatic carbocycles. The molecule has 0 saturated heterocycles. The number of nitrogens with one attached hydrogen (secondary N) is 1. The molecule has 1 saturated carbocycles. The van der Waals surface area contributed by atoms with Crippen LogP contribution in [0.25, 0.3) is 0 Å². The Morgan fingerprint density at radius 2 is 2.10 bits per heavy atom. The summed E-state index contributed by atoms with van der Waals surface area (Å²) in [4.78, 5) is 0. The molecule has 1 atom stereocenters. The van der Waals surface area contributed by atoms with Crippen LogP contribution < -0.4 is 10.1 Å². The van der Waals surface area contributed by atoms with Gasteiger partial charge in [-0.25, -0.2) is 0 Å². The first kappa shape index (κ1) is 14.9. The molecule has 2 aliphatic rings. The van der Waals surface area contributed by atoms with E-state index in [0.717, 1.165) is 44.6 Å². The van der Waals surface area contributed by atoms with Gasteiger partial charge in [0.2, 0.25) is 0 Å². The fourth-order valence-corrected chi connectivity index (χ4v) is 3.66. The highest BCUT2D eigenvalue weighted by Gasteiger charge is 2.51. The molecule has 1 aliphatic heterocycles. The van der Waals surface area contributed by atoms with Gasteiger partial charge in [0.25, 0.3) is 0 Å². The van der Waals surface area contributed by atoms with Crippen molar-refractivity contribution in [3.8, 4) is 5.75 Å². The normalized spacial score (nSPS) is 30.6. The Bertz CT molecular complexity index is 494. The third-order valence-corrected chi connectivity index (χ3v) is 4.69. The molecule has 3 rings (SSSR count). The first-order valence-electron chi connectivity index (χ1n) is 8.30. The topological polar surface area (TPSA) is 30.5 Å². The molecule has 1 unspecified atom stereocenters. The van der Waals surface area contributed by atoms with Gasteiger partial charge in [-0.15, -0.1) is 0 Å². The second-order valence-corrected chi connectivity index (χ2v) is 6.52. The predicted octanol–water partition coefficient (Wildman–Crippen LogP) is 3.76. The van der Waals surface area contributed by atoms with Crippen molar-refractivity contribution in [2.24, 2.45) is 0 Å². The van der Waals surface area contributed by atoms with E-state index in [2.05, 4.69) is 44.3 Å². The molecule has 1 aliphatic carbocycles. The average molecular weight is 289 g/mol. The number of benzene rings is 1. The van der Waals surface area contributed by atoms with Crippen molar-refractivity contribution in [1.82, 2.24) is 5.32 Å². The minimum Gasteiger partial charge on any atom is -0.487 e. The SMILES string of the molecule is CCCNC1CC2(CC(OCC)C2)Oc2ccc(C)cc21. The Kier molecular flexibility index (Phi) is 4.23. The van der Waals surface area contributed by atoms with Crippen molar-refractivity contribution >= 4 is 0 Å². The maximum Gasteiger partial charge on any atom is 0.124 e. The van der Waals surface area contributed by atoms with Gasteiger partial charge in [0.15, 0.2) is 0 Å². The van der Waals surface area contributed by atoms with Gasteiger partial charge in [-0.2, -0.15) is 0 Å². The molecule has 21 heavy (non-hydrogen) atoms. The highest BCUT2D eigenvalue weighted by Crippen LogP contribution is 2.49. The van der Waals surface area contributed by atoms with Crippen LogP contribution in [-0.2, 0) is 4.74 Å². The van der Waals surface area contributed by atoms with Crippen molar-refractivity contribution in [1.29, 1.82) is 0 Å². The van der Waals surface area contributed by atoms with Crippen LogP contribution >= 0.6 is 0 Å². The molecular formula is C18H27NO2. The Hall–Kier alpha value is -1.06. The van der Waals surface area contributed by atoms with E-state index in [1.165, 1.54) is 11.1 Å². The van der Waals surface area contributed by atoms with Gasteiger partial charge >= 0.3 is 0 Å². The summed E-state index contributed by atoms with van der Waals surface area (Å²) in [5.41, 5.74) is 2.62. The zero-order valence-corrected chi connectivity index (χ0v) is 13.4. The Labute approximate surface area is 128 Å². The Balaban J connectivity index is 1.79. The number of fused-ring (bicyclic) bond motifs is 1. The number of ether oxygens (including phenoxy) is 2. The van der Waals surface area contributed by atoms with Gasteiger partial charge in [-0.3, -0.25) is 0 Å². The summed E-state index contributed by atoms with van der Waals surface area (Å²) in [5.74, 6) is 1.07. The zero-order chi connectivity index (χ0) is 14.9. The fourth-order valence-electron chi connectivity index (χ4n) is 3.66. The van der Waals surface area contributed by atoms with Crippen LogP contribution in [0.2, 0.25) is 0 Å². The molecule has 1 fully saturated rings. The van der Waals surface area contributed by atoms with Gasteiger partial charge in [-0.1, -0.05) is 24.6 Å². The Morgan fingerprint density at radius 3 is 2.81 bits per heavy atom. The van der Waals surface area contributed by atoms with Gasteiger partial charge in [-0.05, 0) is 32.9 Å². The highest BCUT2D eigenvalue weighted by molar-refractivity contribution is 5.42. The second kappa shape index (κ2) is 5.98. The van der Waals surface area contributed by atoms with Gasteiger partial charge in [0, 0.05) is 37.5 Å². The molecule has 0 amide bonds. The van der Waals surface area contributed by atoms with Crippen LogP contribution in [0.4, 0.5) is 0 Å².